The number of carbonyl (C=O) groups excluding carboxylic acids is 2. The minimum absolute atomic E-state index is 0.0316. The fraction of sp³-hybridized carbons (Fsp3) is 0.590. The lowest BCUT2D eigenvalue weighted by molar-refractivity contribution is -0.124. The quantitative estimate of drug-likeness (QED) is 0.255. The van der Waals surface area contributed by atoms with Crippen molar-refractivity contribution in [3.05, 3.63) is 59.5 Å². The van der Waals surface area contributed by atoms with Crippen LogP contribution in [0.15, 0.2) is 47.1 Å². The second kappa shape index (κ2) is 13.4. The molecule has 0 unspecified atom stereocenters. The number of aliphatic hydroxyl groups excluding tert-OH is 1. The number of aliphatic hydroxyl groups is 1. The van der Waals surface area contributed by atoms with Gasteiger partial charge in [0, 0.05) is 36.2 Å². The zero-order valence-corrected chi connectivity index (χ0v) is 29.3. The lowest BCUT2D eigenvalue weighted by Crippen LogP contribution is -2.54. The number of benzene rings is 1. The van der Waals surface area contributed by atoms with E-state index < -0.39 is 6.10 Å². The number of anilines is 1. The van der Waals surface area contributed by atoms with Crippen molar-refractivity contribution in [3.63, 3.8) is 0 Å². The summed E-state index contributed by atoms with van der Waals surface area (Å²) >= 11 is 0. The number of rotatable bonds is 9. The molecule has 8 rings (SSSR count). The van der Waals surface area contributed by atoms with E-state index in [2.05, 4.69) is 44.1 Å². The summed E-state index contributed by atoms with van der Waals surface area (Å²) in [6, 6.07) is 12.6. The van der Waals surface area contributed by atoms with Crippen molar-refractivity contribution < 1.29 is 28.7 Å². The number of aromatic nitrogens is 2. The van der Waals surface area contributed by atoms with Crippen molar-refractivity contribution in [1.29, 1.82) is 0 Å². The summed E-state index contributed by atoms with van der Waals surface area (Å²) in [7, 11) is 1.73. The van der Waals surface area contributed by atoms with E-state index in [-0.39, 0.29) is 40.8 Å². The summed E-state index contributed by atoms with van der Waals surface area (Å²) in [5, 5.41) is 13.9. The molecule has 1 N–H and O–H groups in total. The van der Waals surface area contributed by atoms with Crippen LogP contribution in [0.4, 0.5) is 10.6 Å². The standard InChI is InChI=1S/C39H50N4O6/c1-25(2)34-21-32(41-49-34)28-11-18-40-35(20-28)43(36(45)27-5-8-31(9-6-27)48-37(46)42-22-30(44)23-42)24-38-12-15-39(16-13-38,17-14-38)29-7-10-33(47-4)26(3)19-29/h7,10-11,18-21,25,27,30-31,44H,5-6,8-9,12-17,22-24H2,1-4H3. The van der Waals surface area contributed by atoms with Crippen molar-refractivity contribution in [1.82, 2.24) is 15.0 Å². The van der Waals surface area contributed by atoms with Gasteiger partial charge in [-0.15, -0.1) is 0 Å². The van der Waals surface area contributed by atoms with Gasteiger partial charge in [0.05, 0.1) is 26.3 Å². The number of nitrogens with zero attached hydrogens (tertiary/aromatic N) is 4. The number of fused-ring (bicyclic) bond motifs is 3. The number of amides is 2. The Bertz CT molecular complexity index is 1650. The molecular weight excluding hydrogens is 620 g/mol. The Morgan fingerprint density at radius 3 is 2.35 bits per heavy atom. The number of ether oxygens (including phenoxy) is 2. The average Bonchev–Trinajstić information content (AvgIpc) is 3.61. The van der Waals surface area contributed by atoms with Crippen LogP contribution in [-0.4, -0.2) is 71.1 Å². The molecule has 262 valence electrons. The van der Waals surface area contributed by atoms with E-state index in [9.17, 15) is 14.7 Å². The molecule has 2 aromatic heterocycles. The molecule has 1 aromatic carbocycles. The van der Waals surface area contributed by atoms with Gasteiger partial charge in [-0.3, -0.25) is 9.69 Å². The van der Waals surface area contributed by atoms with Gasteiger partial charge in [-0.05, 0) is 111 Å². The van der Waals surface area contributed by atoms with E-state index in [1.54, 1.807) is 13.3 Å². The number of aryl methyl sites for hydroxylation is 1. The highest BCUT2D eigenvalue weighted by Gasteiger charge is 2.51. The van der Waals surface area contributed by atoms with Crippen molar-refractivity contribution in [2.24, 2.45) is 11.3 Å². The number of hydrogen-bond acceptors (Lipinski definition) is 8. The van der Waals surface area contributed by atoms with E-state index in [1.165, 1.54) is 16.0 Å². The number of likely N-dealkylation sites (tertiary alicyclic amines) is 1. The third-order valence-electron chi connectivity index (χ3n) is 12.0. The fourth-order valence-electron chi connectivity index (χ4n) is 8.64. The summed E-state index contributed by atoms with van der Waals surface area (Å²) in [5.74, 6) is 2.56. The summed E-state index contributed by atoms with van der Waals surface area (Å²) in [5.41, 5.74) is 4.42. The van der Waals surface area contributed by atoms with Gasteiger partial charge in [-0.2, -0.15) is 0 Å². The van der Waals surface area contributed by atoms with Crippen molar-refractivity contribution in [3.8, 4) is 17.0 Å². The second-order valence-corrected chi connectivity index (χ2v) is 15.5. The SMILES string of the molecule is COc1ccc(C23CCC(CN(C(=O)C4CCC(OC(=O)N5CC(O)C5)CC4)c4cc(-c5cc(C(C)C)on5)ccn4)(CC2)CC3)cc1C. The van der Waals surface area contributed by atoms with Crippen molar-refractivity contribution in [2.75, 3.05) is 31.6 Å². The molecule has 5 fully saturated rings. The zero-order chi connectivity index (χ0) is 34.3. The summed E-state index contributed by atoms with van der Waals surface area (Å²) in [6.07, 6.45) is 9.85. The first-order chi connectivity index (χ1) is 23.6. The van der Waals surface area contributed by atoms with Gasteiger partial charge < -0.3 is 24.0 Å². The maximum absolute atomic E-state index is 14.6. The van der Waals surface area contributed by atoms with Crippen LogP contribution >= 0.6 is 0 Å². The topological polar surface area (TPSA) is 118 Å². The molecule has 4 aliphatic carbocycles. The summed E-state index contributed by atoms with van der Waals surface area (Å²) in [6.45, 7) is 7.56. The monoisotopic (exact) mass is 670 g/mol. The molecule has 1 saturated heterocycles. The highest BCUT2D eigenvalue weighted by atomic mass is 16.6. The average molecular weight is 671 g/mol. The van der Waals surface area contributed by atoms with E-state index in [0.717, 1.165) is 61.3 Å². The minimum Gasteiger partial charge on any atom is -0.496 e. The van der Waals surface area contributed by atoms with Gasteiger partial charge in [0.1, 0.15) is 29.1 Å². The molecule has 0 spiro atoms. The Balaban J connectivity index is 1.10. The van der Waals surface area contributed by atoms with Gasteiger partial charge in [0.15, 0.2) is 0 Å². The Kier molecular flexibility index (Phi) is 9.19. The van der Waals surface area contributed by atoms with E-state index >= 15 is 0 Å². The van der Waals surface area contributed by atoms with Gasteiger partial charge >= 0.3 is 6.09 Å². The highest BCUT2D eigenvalue weighted by Crippen LogP contribution is 2.58. The molecule has 2 amide bonds. The molecule has 10 heteroatoms. The fourth-order valence-corrected chi connectivity index (χ4v) is 8.64. The molecule has 4 saturated carbocycles. The maximum Gasteiger partial charge on any atom is 0.410 e. The van der Waals surface area contributed by atoms with E-state index in [0.29, 0.717) is 51.1 Å². The van der Waals surface area contributed by atoms with E-state index in [4.69, 9.17) is 19.0 Å². The van der Waals surface area contributed by atoms with Crippen LogP contribution in [0.3, 0.4) is 0 Å². The third-order valence-corrected chi connectivity index (χ3v) is 12.0. The van der Waals surface area contributed by atoms with Crippen LogP contribution in [0.5, 0.6) is 5.75 Å². The van der Waals surface area contributed by atoms with Gasteiger partial charge in [0.2, 0.25) is 5.91 Å². The predicted molar refractivity (Wildman–Crippen MR) is 186 cm³/mol. The molecule has 49 heavy (non-hydrogen) atoms. The number of β-amino-alcohol motifs (C(OH)–C–C–N with tert-alkyl or cyclic N) is 1. The Hall–Kier alpha value is -3.92. The summed E-state index contributed by atoms with van der Waals surface area (Å²) < 4.78 is 16.9. The van der Waals surface area contributed by atoms with Crippen LogP contribution in [0, 0.1) is 18.3 Å². The van der Waals surface area contributed by atoms with Crippen LogP contribution in [0.2, 0.25) is 0 Å². The summed E-state index contributed by atoms with van der Waals surface area (Å²) in [4.78, 5) is 35.4. The molecule has 3 aromatic rings. The van der Waals surface area contributed by atoms with Crippen LogP contribution in [0.1, 0.15) is 101 Å². The van der Waals surface area contributed by atoms with Crippen LogP contribution in [-0.2, 0) is 14.9 Å². The molecule has 3 heterocycles. The molecule has 0 radical (unpaired) electrons. The maximum atomic E-state index is 14.6. The lowest BCUT2D eigenvalue weighted by Gasteiger charge is -2.55. The number of pyridine rings is 1. The first-order valence-corrected chi connectivity index (χ1v) is 18.1. The lowest BCUT2D eigenvalue weighted by atomic mass is 9.51. The van der Waals surface area contributed by atoms with Crippen molar-refractivity contribution >= 4 is 17.8 Å². The molecule has 10 nitrogen and oxygen atoms in total. The molecule has 0 atom stereocenters. The number of carbonyl (C=O) groups is 2. The third kappa shape index (κ3) is 6.68. The Morgan fingerprint density at radius 1 is 1.02 bits per heavy atom. The van der Waals surface area contributed by atoms with Crippen molar-refractivity contribution in [2.45, 2.75) is 109 Å². The molecule has 1 aliphatic heterocycles. The predicted octanol–water partition coefficient (Wildman–Crippen LogP) is 7.17. The largest absolute Gasteiger partial charge is 0.496 e. The molecule has 2 bridgehead atoms. The second-order valence-electron chi connectivity index (χ2n) is 15.5. The Morgan fingerprint density at radius 2 is 1.73 bits per heavy atom. The van der Waals surface area contributed by atoms with Gasteiger partial charge in [-0.1, -0.05) is 31.1 Å². The van der Waals surface area contributed by atoms with Crippen LogP contribution < -0.4 is 9.64 Å². The minimum atomic E-state index is -0.462. The molecular formula is C39H50N4O6. The molecule has 5 aliphatic rings. The van der Waals surface area contributed by atoms with Crippen LogP contribution in [0.25, 0.3) is 11.3 Å². The van der Waals surface area contributed by atoms with Gasteiger partial charge in [0.25, 0.3) is 0 Å². The zero-order valence-electron chi connectivity index (χ0n) is 29.3. The Labute approximate surface area is 289 Å². The normalized spacial score (nSPS) is 26.8. The highest BCUT2D eigenvalue weighted by molar-refractivity contribution is 5.95. The van der Waals surface area contributed by atoms with E-state index in [1.807, 2.05) is 23.1 Å². The number of methoxy groups -OCH3 is 1. The first kappa shape index (κ1) is 33.6. The van der Waals surface area contributed by atoms with Gasteiger partial charge in [-0.25, -0.2) is 9.78 Å². The number of hydrogen-bond donors (Lipinski definition) is 1. The first-order valence-electron chi connectivity index (χ1n) is 18.1. The smallest absolute Gasteiger partial charge is 0.410 e.